The molecule has 0 amide bonds. The van der Waals surface area contributed by atoms with Gasteiger partial charge in [-0.1, -0.05) is 6.92 Å². The van der Waals surface area contributed by atoms with Crippen LogP contribution in [-0.2, 0) is 9.47 Å². The second-order valence-corrected chi connectivity index (χ2v) is 4.58. The van der Waals surface area contributed by atoms with Gasteiger partial charge < -0.3 is 14.8 Å². The van der Waals surface area contributed by atoms with Crippen LogP contribution in [0.3, 0.4) is 0 Å². The minimum Gasteiger partial charge on any atom is -0.379 e. The standard InChI is InChI=1S/C13H27NO2/c1-3-9-14-10-8-13(6-5-7-13)16-12-11-15-4-2/h14H,3-12H2,1-2H3. The van der Waals surface area contributed by atoms with E-state index in [2.05, 4.69) is 12.2 Å². The van der Waals surface area contributed by atoms with Crippen LogP contribution in [0.2, 0.25) is 0 Å². The lowest BCUT2D eigenvalue weighted by atomic mass is 9.77. The van der Waals surface area contributed by atoms with E-state index in [0.29, 0.717) is 0 Å². The third-order valence-corrected chi connectivity index (χ3v) is 3.29. The first-order valence-corrected chi connectivity index (χ1v) is 6.75. The van der Waals surface area contributed by atoms with Crippen molar-refractivity contribution in [3.63, 3.8) is 0 Å². The molecular formula is C13H27NO2. The molecule has 3 heteroatoms. The molecule has 0 radical (unpaired) electrons. The van der Waals surface area contributed by atoms with E-state index in [1.807, 2.05) is 6.92 Å². The second kappa shape index (κ2) is 8.04. The van der Waals surface area contributed by atoms with Crippen LogP contribution in [-0.4, -0.2) is 38.5 Å². The highest BCUT2D eigenvalue weighted by atomic mass is 16.5. The Morgan fingerprint density at radius 3 is 2.50 bits per heavy atom. The van der Waals surface area contributed by atoms with Crippen LogP contribution in [0.4, 0.5) is 0 Å². The van der Waals surface area contributed by atoms with Crippen LogP contribution in [0, 0.1) is 0 Å². The summed E-state index contributed by atoms with van der Waals surface area (Å²) in [6, 6.07) is 0. The van der Waals surface area contributed by atoms with Gasteiger partial charge in [-0.15, -0.1) is 0 Å². The Labute approximate surface area is 99.9 Å². The lowest BCUT2D eigenvalue weighted by Gasteiger charge is -2.42. The molecule has 0 saturated heterocycles. The molecule has 0 spiro atoms. The minimum absolute atomic E-state index is 0.178. The van der Waals surface area contributed by atoms with Crippen molar-refractivity contribution in [2.75, 3.05) is 32.9 Å². The summed E-state index contributed by atoms with van der Waals surface area (Å²) in [6.07, 6.45) is 6.14. The summed E-state index contributed by atoms with van der Waals surface area (Å²) in [5.74, 6) is 0. The first kappa shape index (κ1) is 13.9. The Morgan fingerprint density at radius 1 is 1.12 bits per heavy atom. The molecule has 16 heavy (non-hydrogen) atoms. The summed E-state index contributed by atoms with van der Waals surface area (Å²) in [5.41, 5.74) is 0.178. The van der Waals surface area contributed by atoms with E-state index in [1.54, 1.807) is 0 Å². The second-order valence-electron chi connectivity index (χ2n) is 4.58. The zero-order valence-corrected chi connectivity index (χ0v) is 10.9. The van der Waals surface area contributed by atoms with Crippen LogP contribution >= 0.6 is 0 Å². The minimum atomic E-state index is 0.178. The van der Waals surface area contributed by atoms with Gasteiger partial charge in [0.25, 0.3) is 0 Å². The molecule has 0 aromatic rings. The Kier molecular flexibility index (Phi) is 7.01. The van der Waals surface area contributed by atoms with Crippen LogP contribution in [0.1, 0.15) is 46.0 Å². The predicted molar refractivity (Wildman–Crippen MR) is 66.8 cm³/mol. The highest BCUT2D eigenvalue weighted by molar-refractivity contribution is 4.90. The number of nitrogens with one attached hydrogen (secondary N) is 1. The van der Waals surface area contributed by atoms with Crippen molar-refractivity contribution in [2.24, 2.45) is 0 Å². The lowest BCUT2D eigenvalue weighted by molar-refractivity contribution is -0.117. The highest BCUT2D eigenvalue weighted by Crippen LogP contribution is 2.38. The van der Waals surface area contributed by atoms with E-state index < -0.39 is 0 Å². The fourth-order valence-corrected chi connectivity index (χ4v) is 2.12. The molecule has 1 N–H and O–H groups in total. The lowest BCUT2D eigenvalue weighted by Crippen LogP contribution is -2.43. The van der Waals surface area contributed by atoms with Gasteiger partial charge >= 0.3 is 0 Å². The number of hydrogen-bond acceptors (Lipinski definition) is 3. The van der Waals surface area contributed by atoms with Crippen molar-refractivity contribution < 1.29 is 9.47 Å². The Bertz CT molecular complexity index is 155. The normalized spacial score (nSPS) is 18.4. The summed E-state index contributed by atoms with van der Waals surface area (Å²) in [7, 11) is 0. The molecule has 1 aliphatic carbocycles. The van der Waals surface area contributed by atoms with Gasteiger partial charge in [-0.2, -0.15) is 0 Å². The molecular weight excluding hydrogens is 202 g/mol. The summed E-state index contributed by atoms with van der Waals surface area (Å²) >= 11 is 0. The zero-order valence-electron chi connectivity index (χ0n) is 10.9. The molecule has 96 valence electrons. The molecule has 0 bridgehead atoms. The fourth-order valence-electron chi connectivity index (χ4n) is 2.12. The SMILES string of the molecule is CCCNCCC1(OCCOCC)CCC1. The molecule has 1 saturated carbocycles. The first-order chi connectivity index (χ1) is 7.83. The topological polar surface area (TPSA) is 30.5 Å². The van der Waals surface area contributed by atoms with Crippen LogP contribution in [0.5, 0.6) is 0 Å². The number of hydrogen-bond donors (Lipinski definition) is 1. The summed E-state index contributed by atoms with van der Waals surface area (Å²) < 4.78 is 11.3. The average molecular weight is 229 g/mol. The zero-order chi connectivity index (χ0) is 11.7. The largest absolute Gasteiger partial charge is 0.379 e. The fraction of sp³-hybridized carbons (Fsp3) is 1.00. The maximum atomic E-state index is 5.98. The van der Waals surface area contributed by atoms with E-state index in [-0.39, 0.29) is 5.60 Å². The van der Waals surface area contributed by atoms with Crippen LogP contribution in [0.25, 0.3) is 0 Å². The number of ether oxygens (including phenoxy) is 2. The molecule has 0 aromatic carbocycles. The molecule has 0 atom stereocenters. The van der Waals surface area contributed by atoms with Gasteiger partial charge in [-0.25, -0.2) is 0 Å². The quantitative estimate of drug-likeness (QED) is 0.583. The van der Waals surface area contributed by atoms with E-state index in [9.17, 15) is 0 Å². The van der Waals surface area contributed by atoms with Gasteiger partial charge in [0.1, 0.15) is 0 Å². The van der Waals surface area contributed by atoms with Gasteiger partial charge in [0.15, 0.2) is 0 Å². The summed E-state index contributed by atoms with van der Waals surface area (Å²) in [6.45, 7) is 8.70. The Morgan fingerprint density at radius 2 is 1.94 bits per heavy atom. The van der Waals surface area contributed by atoms with Crippen molar-refractivity contribution in [3.05, 3.63) is 0 Å². The average Bonchev–Trinajstić information content (AvgIpc) is 2.25. The molecule has 0 aromatic heterocycles. The molecule has 0 heterocycles. The molecule has 0 aliphatic heterocycles. The van der Waals surface area contributed by atoms with Crippen molar-refractivity contribution >= 4 is 0 Å². The molecule has 0 unspecified atom stereocenters. The van der Waals surface area contributed by atoms with E-state index in [0.717, 1.165) is 39.3 Å². The summed E-state index contributed by atoms with van der Waals surface area (Å²) in [4.78, 5) is 0. The molecule has 1 aliphatic rings. The maximum absolute atomic E-state index is 5.98. The van der Waals surface area contributed by atoms with Crippen molar-refractivity contribution in [3.8, 4) is 0 Å². The van der Waals surface area contributed by atoms with E-state index in [4.69, 9.17) is 9.47 Å². The predicted octanol–water partition coefficient (Wildman–Crippen LogP) is 2.35. The third kappa shape index (κ3) is 4.81. The molecule has 1 rings (SSSR count). The van der Waals surface area contributed by atoms with Crippen molar-refractivity contribution in [2.45, 2.75) is 51.6 Å². The van der Waals surface area contributed by atoms with E-state index in [1.165, 1.54) is 25.7 Å². The monoisotopic (exact) mass is 229 g/mol. The van der Waals surface area contributed by atoms with Gasteiger partial charge in [0.2, 0.25) is 0 Å². The molecule has 3 nitrogen and oxygen atoms in total. The van der Waals surface area contributed by atoms with Gasteiger partial charge in [-0.05, 0) is 52.1 Å². The van der Waals surface area contributed by atoms with Gasteiger partial charge in [-0.3, -0.25) is 0 Å². The van der Waals surface area contributed by atoms with Gasteiger partial charge in [0.05, 0.1) is 18.8 Å². The Hall–Kier alpha value is -0.120. The molecule has 1 fully saturated rings. The van der Waals surface area contributed by atoms with Crippen molar-refractivity contribution in [1.29, 1.82) is 0 Å². The van der Waals surface area contributed by atoms with Crippen molar-refractivity contribution in [1.82, 2.24) is 5.32 Å². The van der Waals surface area contributed by atoms with Gasteiger partial charge in [0, 0.05) is 6.61 Å². The van der Waals surface area contributed by atoms with Crippen LogP contribution < -0.4 is 5.32 Å². The first-order valence-electron chi connectivity index (χ1n) is 6.75. The number of rotatable bonds is 10. The Balaban J connectivity index is 2.07. The smallest absolute Gasteiger partial charge is 0.0708 e. The maximum Gasteiger partial charge on any atom is 0.0708 e. The highest BCUT2D eigenvalue weighted by Gasteiger charge is 2.37. The third-order valence-electron chi connectivity index (χ3n) is 3.29. The van der Waals surface area contributed by atoms with Crippen LogP contribution in [0.15, 0.2) is 0 Å². The van der Waals surface area contributed by atoms with E-state index >= 15 is 0 Å². The summed E-state index contributed by atoms with van der Waals surface area (Å²) in [5, 5.41) is 3.45.